The Hall–Kier alpha value is -0.420. The van der Waals surface area contributed by atoms with Crippen molar-refractivity contribution in [3.63, 3.8) is 0 Å². The van der Waals surface area contributed by atoms with Gasteiger partial charge in [-0.2, -0.15) is 0 Å². The minimum Gasteiger partial charge on any atom is -0.385 e. The summed E-state index contributed by atoms with van der Waals surface area (Å²) in [5.74, 6) is 0.499. The van der Waals surface area contributed by atoms with E-state index in [1.165, 1.54) is 12.8 Å². The van der Waals surface area contributed by atoms with Crippen molar-refractivity contribution in [1.29, 1.82) is 0 Å². The van der Waals surface area contributed by atoms with Crippen LogP contribution in [0, 0.1) is 11.3 Å². The zero-order valence-corrected chi connectivity index (χ0v) is 16.9. The number of hydrogen-bond acceptors (Lipinski definition) is 4. The fourth-order valence-corrected chi connectivity index (χ4v) is 4.18. The lowest BCUT2D eigenvalue weighted by Gasteiger charge is -2.41. The molecule has 1 saturated heterocycles. The molecule has 0 radical (unpaired) electrons. The molecule has 2 rings (SSSR count). The van der Waals surface area contributed by atoms with E-state index < -0.39 is 0 Å². The molecule has 2 aliphatic rings. The van der Waals surface area contributed by atoms with Crippen LogP contribution in [0.1, 0.15) is 59.3 Å². The number of hydrogen-bond donors (Lipinski definition) is 0. The lowest BCUT2D eigenvalue weighted by Crippen LogP contribution is -2.39. The molecule has 1 unspecified atom stereocenters. The molecule has 4 nitrogen and oxygen atoms in total. The van der Waals surface area contributed by atoms with Crippen molar-refractivity contribution in [2.24, 2.45) is 11.3 Å². The van der Waals surface area contributed by atoms with Crippen LogP contribution in [0.5, 0.6) is 0 Å². The maximum absolute atomic E-state index is 6.41. The van der Waals surface area contributed by atoms with Crippen molar-refractivity contribution in [2.75, 3.05) is 40.0 Å². The third kappa shape index (κ3) is 6.35. The predicted octanol–water partition coefficient (Wildman–Crippen LogP) is 4.25. The summed E-state index contributed by atoms with van der Waals surface area (Å²) in [5, 5.41) is 0. The molecule has 0 aromatic carbocycles. The first-order chi connectivity index (χ1) is 11.9. The van der Waals surface area contributed by atoms with Gasteiger partial charge in [0, 0.05) is 46.2 Å². The first-order valence-electron chi connectivity index (χ1n) is 10.0. The van der Waals surface area contributed by atoms with Crippen LogP contribution >= 0.6 is 0 Å². The third-order valence-electron chi connectivity index (χ3n) is 5.86. The molecule has 1 saturated carbocycles. The summed E-state index contributed by atoms with van der Waals surface area (Å²) < 4.78 is 17.7. The molecule has 1 spiro atoms. The summed E-state index contributed by atoms with van der Waals surface area (Å²) in [6.45, 7) is 15.5. The van der Waals surface area contributed by atoms with Gasteiger partial charge in [0.1, 0.15) is 0 Å². The van der Waals surface area contributed by atoms with Crippen LogP contribution in [0.4, 0.5) is 0 Å². The van der Waals surface area contributed by atoms with Crippen LogP contribution < -0.4 is 0 Å². The zero-order chi connectivity index (χ0) is 18.3. The summed E-state index contributed by atoms with van der Waals surface area (Å²) in [6, 6.07) is 0. The molecule has 0 bridgehead atoms. The van der Waals surface area contributed by atoms with Crippen molar-refractivity contribution in [2.45, 2.75) is 71.2 Å². The van der Waals surface area contributed by atoms with E-state index >= 15 is 0 Å². The normalized spacial score (nSPS) is 30.3. The number of rotatable bonds is 9. The molecule has 0 aromatic rings. The van der Waals surface area contributed by atoms with Crippen LogP contribution in [0.15, 0.2) is 12.7 Å². The Labute approximate surface area is 154 Å². The second kappa shape index (κ2) is 9.50. The third-order valence-corrected chi connectivity index (χ3v) is 5.86. The van der Waals surface area contributed by atoms with E-state index in [1.807, 2.05) is 6.08 Å². The van der Waals surface area contributed by atoms with E-state index in [-0.39, 0.29) is 11.9 Å². The Balaban J connectivity index is 1.74. The van der Waals surface area contributed by atoms with Crippen LogP contribution in [0.3, 0.4) is 0 Å². The summed E-state index contributed by atoms with van der Waals surface area (Å²) in [7, 11) is 1.76. The van der Waals surface area contributed by atoms with Crippen molar-refractivity contribution < 1.29 is 14.2 Å². The summed E-state index contributed by atoms with van der Waals surface area (Å²) in [6.07, 6.45) is 8.85. The van der Waals surface area contributed by atoms with Crippen molar-refractivity contribution in [3.05, 3.63) is 12.7 Å². The Bertz CT molecular complexity index is 396. The molecule has 1 aliphatic heterocycles. The molecule has 4 heteroatoms. The van der Waals surface area contributed by atoms with Gasteiger partial charge in [0.05, 0.1) is 12.7 Å². The van der Waals surface area contributed by atoms with Crippen molar-refractivity contribution in [3.8, 4) is 0 Å². The Kier molecular flexibility index (Phi) is 7.93. The maximum atomic E-state index is 6.41. The highest BCUT2D eigenvalue weighted by Gasteiger charge is 2.45. The largest absolute Gasteiger partial charge is 0.385 e. The lowest BCUT2D eigenvalue weighted by atomic mass is 9.71. The quantitative estimate of drug-likeness (QED) is 0.458. The van der Waals surface area contributed by atoms with E-state index in [0.717, 1.165) is 64.4 Å². The van der Waals surface area contributed by atoms with Gasteiger partial charge in [0.15, 0.2) is 5.79 Å². The summed E-state index contributed by atoms with van der Waals surface area (Å²) >= 11 is 0. The monoisotopic (exact) mass is 353 g/mol. The van der Waals surface area contributed by atoms with Gasteiger partial charge in [-0.3, -0.25) is 4.90 Å². The van der Waals surface area contributed by atoms with Gasteiger partial charge in [-0.1, -0.05) is 26.8 Å². The zero-order valence-electron chi connectivity index (χ0n) is 16.9. The Morgan fingerprint density at radius 1 is 1.24 bits per heavy atom. The van der Waals surface area contributed by atoms with Gasteiger partial charge in [-0.25, -0.2) is 0 Å². The number of ether oxygens (including phenoxy) is 3. The fourth-order valence-electron chi connectivity index (χ4n) is 4.18. The Morgan fingerprint density at radius 2 is 1.96 bits per heavy atom. The smallest absolute Gasteiger partial charge is 0.168 e. The van der Waals surface area contributed by atoms with E-state index in [9.17, 15) is 0 Å². The van der Waals surface area contributed by atoms with Crippen LogP contribution in [-0.4, -0.2) is 56.7 Å². The lowest BCUT2D eigenvalue weighted by molar-refractivity contribution is -0.197. The highest BCUT2D eigenvalue weighted by Crippen LogP contribution is 2.45. The number of nitrogens with zero attached hydrogens (tertiary/aromatic N) is 1. The highest BCUT2D eigenvalue weighted by molar-refractivity contribution is 4.89. The average Bonchev–Trinajstić information content (AvgIpc) is 2.95. The van der Waals surface area contributed by atoms with Gasteiger partial charge < -0.3 is 14.2 Å². The topological polar surface area (TPSA) is 30.9 Å². The molecule has 1 aliphatic carbocycles. The SMILES string of the molecule is C=CCN(CCCOC)CCC1COC2(CCC(C(C)(C)C)CC2)O1. The average molecular weight is 354 g/mol. The first kappa shape index (κ1) is 20.9. The molecule has 1 heterocycles. The molecular formula is C21H39NO3. The van der Waals surface area contributed by atoms with Gasteiger partial charge in [-0.05, 0) is 37.0 Å². The molecular weight excluding hydrogens is 314 g/mol. The van der Waals surface area contributed by atoms with Gasteiger partial charge in [0.25, 0.3) is 0 Å². The van der Waals surface area contributed by atoms with Crippen LogP contribution in [-0.2, 0) is 14.2 Å². The molecule has 1 atom stereocenters. The molecule has 0 N–H and O–H groups in total. The molecule has 0 aromatic heterocycles. The van der Waals surface area contributed by atoms with E-state index in [0.29, 0.717) is 5.41 Å². The molecule has 25 heavy (non-hydrogen) atoms. The van der Waals surface area contributed by atoms with Gasteiger partial charge in [-0.15, -0.1) is 6.58 Å². The first-order valence-corrected chi connectivity index (χ1v) is 10.0. The van der Waals surface area contributed by atoms with Gasteiger partial charge >= 0.3 is 0 Å². The van der Waals surface area contributed by atoms with Crippen molar-refractivity contribution >= 4 is 0 Å². The summed E-state index contributed by atoms with van der Waals surface area (Å²) in [4.78, 5) is 2.43. The highest BCUT2D eigenvalue weighted by atomic mass is 16.7. The molecule has 2 fully saturated rings. The second-order valence-electron chi connectivity index (χ2n) is 8.83. The van der Waals surface area contributed by atoms with Gasteiger partial charge in [0.2, 0.25) is 0 Å². The molecule has 146 valence electrons. The molecule has 0 amide bonds. The van der Waals surface area contributed by atoms with E-state index in [2.05, 4.69) is 32.3 Å². The van der Waals surface area contributed by atoms with E-state index in [4.69, 9.17) is 14.2 Å². The second-order valence-corrected chi connectivity index (χ2v) is 8.83. The number of methoxy groups -OCH3 is 1. The minimum absolute atomic E-state index is 0.237. The standard InChI is InChI=1S/C21H39NO3/c1-6-13-22(14-7-16-23-5)15-10-19-17-24-21(25-19)11-8-18(9-12-21)20(2,3)4/h6,18-19H,1,7-17H2,2-5H3. The Morgan fingerprint density at radius 3 is 2.56 bits per heavy atom. The van der Waals surface area contributed by atoms with Crippen LogP contribution in [0.2, 0.25) is 0 Å². The minimum atomic E-state index is -0.286. The van der Waals surface area contributed by atoms with Crippen molar-refractivity contribution in [1.82, 2.24) is 4.90 Å². The predicted molar refractivity (Wildman–Crippen MR) is 103 cm³/mol. The fraction of sp³-hybridized carbons (Fsp3) is 0.905. The summed E-state index contributed by atoms with van der Waals surface area (Å²) in [5.41, 5.74) is 0.396. The maximum Gasteiger partial charge on any atom is 0.168 e. The van der Waals surface area contributed by atoms with E-state index in [1.54, 1.807) is 7.11 Å². The van der Waals surface area contributed by atoms with Crippen LogP contribution in [0.25, 0.3) is 0 Å².